The van der Waals surface area contributed by atoms with Crippen molar-refractivity contribution in [2.24, 2.45) is 0 Å². The molecule has 1 aliphatic rings. The van der Waals surface area contributed by atoms with Gasteiger partial charge in [-0.1, -0.05) is 0 Å². The van der Waals surface area contributed by atoms with Gasteiger partial charge in [0.15, 0.2) is 11.5 Å². The Bertz CT molecular complexity index is 547. The number of piperazine rings is 1. The maximum absolute atomic E-state index is 5.78. The number of fused-ring (bicyclic) bond motifs is 1. The molecule has 0 radical (unpaired) electrons. The number of hydrogen-bond donors (Lipinski definition) is 1. The molecule has 2 heterocycles. The van der Waals surface area contributed by atoms with E-state index < -0.39 is 0 Å². The maximum atomic E-state index is 5.78. The van der Waals surface area contributed by atoms with Crippen molar-refractivity contribution in [3.63, 3.8) is 0 Å². The predicted octanol–water partition coefficient (Wildman–Crippen LogP) is 1.42. The van der Waals surface area contributed by atoms with Gasteiger partial charge in [0.25, 0.3) is 0 Å². The van der Waals surface area contributed by atoms with Crippen LogP contribution in [0.1, 0.15) is 5.89 Å². The van der Waals surface area contributed by atoms with Gasteiger partial charge in [-0.15, -0.1) is 0 Å². The highest BCUT2D eigenvalue weighted by Crippen LogP contribution is 2.21. The summed E-state index contributed by atoms with van der Waals surface area (Å²) in [5.74, 6) is 1.55. The van der Waals surface area contributed by atoms with E-state index in [1.165, 1.54) is 0 Å². The molecule has 5 heteroatoms. The monoisotopic (exact) mass is 261 g/mol. The Morgan fingerprint density at radius 1 is 1.37 bits per heavy atom. The number of nitrogens with one attached hydrogen (secondary N) is 1. The first-order valence-corrected chi connectivity index (χ1v) is 6.74. The molecule has 1 saturated heterocycles. The SMILES string of the molecule is Cc1nc2cc(OCCN3CCNCC3)ccc2o1. The van der Waals surface area contributed by atoms with Crippen LogP contribution < -0.4 is 10.1 Å². The predicted molar refractivity (Wildman–Crippen MR) is 73.6 cm³/mol. The number of benzene rings is 1. The zero-order chi connectivity index (χ0) is 13.1. The molecule has 2 aromatic rings. The summed E-state index contributed by atoms with van der Waals surface area (Å²) in [6, 6.07) is 5.78. The lowest BCUT2D eigenvalue weighted by Crippen LogP contribution is -2.44. The van der Waals surface area contributed by atoms with E-state index in [2.05, 4.69) is 15.2 Å². The molecule has 0 amide bonds. The molecule has 1 aromatic heterocycles. The Labute approximate surface area is 112 Å². The zero-order valence-corrected chi connectivity index (χ0v) is 11.2. The number of hydrogen-bond acceptors (Lipinski definition) is 5. The Morgan fingerprint density at radius 2 is 2.21 bits per heavy atom. The van der Waals surface area contributed by atoms with E-state index >= 15 is 0 Å². The molecule has 102 valence electrons. The van der Waals surface area contributed by atoms with Crippen molar-refractivity contribution < 1.29 is 9.15 Å². The molecule has 19 heavy (non-hydrogen) atoms. The number of nitrogens with zero attached hydrogens (tertiary/aromatic N) is 2. The molecule has 0 aliphatic carbocycles. The average molecular weight is 261 g/mol. The minimum atomic E-state index is 0.688. The summed E-state index contributed by atoms with van der Waals surface area (Å²) in [5.41, 5.74) is 1.67. The molecule has 1 fully saturated rings. The van der Waals surface area contributed by atoms with Gasteiger partial charge in [-0.3, -0.25) is 4.90 Å². The summed E-state index contributed by atoms with van der Waals surface area (Å²) in [4.78, 5) is 6.72. The van der Waals surface area contributed by atoms with E-state index in [9.17, 15) is 0 Å². The van der Waals surface area contributed by atoms with Crippen LogP contribution in [-0.4, -0.2) is 49.2 Å². The van der Waals surface area contributed by atoms with Crippen LogP contribution in [-0.2, 0) is 0 Å². The first-order valence-electron chi connectivity index (χ1n) is 6.74. The van der Waals surface area contributed by atoms with Crippen molar-refractivity contribution in [1.82, 2.24) is 15.2 Å². The summed E-state index contributed by atoms with van der Waals surface area (Å²) in [6.07, 6.45) is 0. The maximum Gasteiger partial charge on any atom is 0.192 e. The lowest BCUT2D eigenvalue weighted by molar-refractivity contribution is 0.191. The molecule has 3 rings (SSSR count). The van der Waals surface area contributed by atoms with Crippen molar-refractivity contribution in [2.75, 3.05) is 39.3 Å². The van der Waals surface area contributed by atoms with Crippen molar-refractivity contribution in [3.05, 3.63) is 24.1 Å². The topological polar surface area (TPSA) is 50.5 Å². The van der Waals surface area contributed by atoms with Gasteiger partial charge in [-0.05, 0) is 12.1 Å². The van der Waals surface area contributed by atoms with Crippen LogP contribution >= 0.6 is 0 Å². The van der Waals surface area contributed by atoms with E-state index in [-0.39, 0.29) is 0 Å². The first-order chi connectivity index (χ1) is 9.31. The van der Waals surface area contributed by atoms with Crippen LogP contribution in [0.15, 0.2) is 22.6 Å². The number of aromatic nitrogens is 1. The van der Waals surface area contributed by atoms with Gasteiger partial charge in [0.1, 0.15) is 17.9 Å². The van der Waals surface area contributed by atoms with Crippen molar-refractivity contribution in [3.8, 4) is 5.75 Å². The minimum Gasteiger partial charge on any atom is -0.492 e. The Balaban J connectivity index is 1.55. The first kappa shape index (κ1) is 12.4. The molecule has 0 spiro atoms. The number of aryl methyl sites for hydroxylation is 1. The van der Waals surface area contributed by atoms with Gasteiger partial charge in [0.05, 0.1) is 0 Å². The number of rotatable bonds is 4. The molecular formula is C14H19N3O2. The summed E-state index contributed by atoms with van der Waals surface area (Å²) in [5, 5.41) is 3.34. The van der Waals surface area contributed by atoms with Gasteiger partial charge in [-0.25, -0.2) is 4.98 Å². The third-order valence-corrected chi connectivity index (χ3v) is 3.35. The number of oxazole rings is 1. The van der Waals surface area contributed by atoms with Gasteiger partial charge in [-0.2, -0.15) is 0 Å². The molecule has 0 atom stereocenters. The van der Waals surface area contributed by atoms with Crippen LogP contribution in [0.4, 0.5) is 0 Å². The van der Waals surface area contributed by atoms with E-state index in [4.69, 9.17) is 9.15 Å². The van der Waals surface area contributed by atoms with Crippen LogP contribution in [0.3, 0.4) is 0 Å². The molecule has 0 bridgehead atoms. The smallest absolute Gasteiger partial charge is 0.192 e. The average Bonchev–Trinajstić information content (AvgIpc) is 2.79. The largest absolute Gasteiger partial charge is 0.492 e. The minimum absolute atomic E-state index is 0.688. The Kier molecular flexibility index (Phi) is 3.66. The number of ether oxygens (including phenoxy) is 1. The fourth-order valence-electron chi connectivity index (χ4n) is 2.34. The fourth-order valence-corrected chi connectivity index (χ4v) is 2.34. The molecule has 0 saturated carbocycles. The Morgan fingerprint density at radius 3 is 3.05 bits per heavy atom. The fraction of sp³-hybridized carbons (Fsp3) is 0.500. The molecule has 1 aliphatic heterocycles. The second-order valence-electron chi connectivity index (χ2n) is 4.80. The highest BCUT2D eigenvalue weighted by molar-refractivity contribution is 5.74. The van der Waals surface area contributed by atoms with E-state index in [1.807, 2.05) is 25.1 Å². The normalized spacial score (nSPS) is 16.9. The van der Waals surface area contributed by atoms with Crippen LogP contribution in [0.2, 0.25) is 0 Å². The third-order valence-electron chi connectivity index (χ3n) is 3.35. The van der Waals surface area contributed by atoms with Crippen LogP contribution in [0, 0.1) is 6.92 Å². The van der Waals surface area contributed by atoms with E-state index in [0.29, 0.717) is 12.5 Å². The van der Waals surface area contributed by atoms with Crippen molar-refractivity contribution >= 4 is 11.1 Å². The van der Waals surface area contributed by atoms with E-state index in [0.717, 1.165) is 49.6 Å². The summed E-state index contributed by atoms with van der Waals surface area (Å²) >= 11 is 0. The van der Waals surface area contributed by atoms with E-state index in [1.54, 1.807) is 0 Å². The van der Waals surface area contributed by atoms with Gasteiger partial charge < -0.3 is 14.5 Å². The van der Waals surface area contributed by atoms with Crippen molar-refractivity contribution in [1.29, 1.82) is 0 Å². The van der Waals surface area contributed by atoms with Crippen LogP contribution in [0.25, 0.3) is 11.1 Å². The lowest BCUT2D eigenvalue weighted by Gasteiger charge is -2.26. The molecule has 0 unspecified atom stereocenters. The molecule has 5 nitrogen and oxygen atoms in total. The molecule has 1 N–H and O–H groups in total. The zero-order valence-electron chi connectivity index (χ0n) is 11.2. The molecular weight excluding hydrogens is 242 g/mol. The summed E-state index contributed by atoms with van der Waals surface area (Å²) < 4.78 is 11.2. The second-order valence-corrected chi connectivity index (χ2v) is 4.80. The van der Waals surface area contributed by atoms with Crippen molar-refractivity contribution in [2.45, 2.75) is 6.92 Å². The standard InChI is InChI=1S/C14H19N3O2/c1-11-16-13-10-12(2-3-14(13)19-11)18-9-8-17-6-4-15-5-7-17/h2-3,10,15H,4-9H2,1H3. The highest BCUT2D eigenvalue weighted by atomic mass is 16.5. The summed E-state index contributed by atoms with van der Waals surface area (Å²) in [6.45, 7) is 7.88. The van der Waals surface area contributed by atoms with Gasteiger partial charge >= 0.3 is 0 Å². The van der Waals surface area contributed by atoms with Gasteiger partial charge in [0.2, 0.25) is 0 Å². The third kappa shape index (κ3) is 3.05. The summed E-state index contributed by atoms with van der Waals surface area (Å²) in [7, 11) is 0. The second kappa shape index (κ2) is 5.59. The van der Waals surface area contributed by atoms with Crippen LogP contribution in [0.5, 0.6) is 5.75 Å². The quantitative estimate of drug-likeness (QED) is 0.902. The lowest BCUT2D eigenvalue weighted by atomic mass is 10.3. The molecule has 1 aromatic carbocycles. The Hall–Kier alpha value is -1.59. The highest BCUT2D eigenvalue weighted by Gasteiger charge is 2.09. The van der Waals surface area contributed by atoms with Gasteiger partial charge in [0, 0.05) is 45.7 Å².